The molecule has 0 atom stereocenters. The highest BCUT2D eigenvalue weighted by Crippen LogP contribution is 2.12. The van der Waals surface area contributed by atoms with Crippen LogP contribution in [0.25, 0.3) is 0 Å². The second-order valence-corrected chi connectivity index (χ2v) is 3.90. The molecule has 101 valence electrons. The van der Waals surface area contributed by atoms with Crippen molar-refractivity contribution in [3.8, 4) is 35.2 Å². The lowest BCUT2D eigenvalue weighted by Gasteiger charge is -2.06. The molecule has 0 aliphatic heterocycles. The van der Waals surface area contributed by atoms with Gasteiger partial charge >= 0.3 is 7.69 Å². The summed E-state index contributed by atoms with van der Waals surface area (Å²) in [4.78, 5) is 8.07. The Balaban J connectivity index is 1.94. The third-order valence-electron chi connectivity index (χ3n) is 2.33. The molecule has 4 nitrogen and oxygen atoms in total. The molecular formula is C16H12BN2O2. The van der Waals surface area contributed by atoms with E-state index in [1.54, 1.807) is 50.8 Å². The van der Waals surface area contributed by atoms with Crippen LogP contribution in [0.15, 0.2) is 36.9 Å². The second kappa shape index (κ2) is 7.62. The van der Waals surface area contributed by atoms with Gasteiger partial charge in [-0.15, -0.1) is 11.8 Å². The minimum absolute atomic E-state index is 0.549. The predicted molar refractivity (Wildman–Crippen MR) is 80.6 cm³/mol. The van der Waals surface area contributed by atoms with Crippen LogP contribution in [0, 0.1) is 23.7 Å². The van der Waals surface area contributed by atoms with E-state index < -0.39 is 0 Å². The molecule has 0 bridgehead atoms. The number of rotatable bonds is 4. The van der Waals surface area contributed by atoms with Crippen molar-refractivity contribution < 1.29 is 9.31 Å². The van der Waals surface area contributed by atoms with Gasteiger partial charge in [-0.05, 0) is 26.0 Å². The van der Waals surface area contributed by atoms with Gasteiger partial charge in [-0.1, -0.05) is 11.8 Å². The summed E-state index contributed by atoms with van der Waals surface area (Å²) in [5.41, 5.74) is 1.57. The van der Waals surface area contributed by atoms with E-state index in [9.17, 15) is 0 Å². The molecule has 21 heavy (non-hydrogen) atoms. The van der Waals surface area contributed by atoms with E-state index in [-0.39, 0.29) is 0 Å². The van der Waals surface area contributed by atoms with Gasteiger partial charge in [-0.25, -0.2) is 0 Å². The average molecular weight is 275 g/mol. The maximum atomic E-state index is 5.36. The number of hydrogen-bond donors (Lipinski definition) is 0. The van der Waals surface area contributed by atoms with Crippen LogP contribution >= 0.6 is 0 Å². The Morgan fingerprint density at radius 2 is 1.29 bits per heavy atom. The van der Waals surface area contributed by atoms with Crippen molar-refractivity contribution in [3.05, 3.63) is 48.0 Å². The summed E-state index contributed by atoms with van der Waals surface area (Å²) < 4.78 is 10.7. The first-order valence-corrected chi connectivity index (χ1v) is 6.22. The van der Waals surface area contributed by atoms with Crippen LogP contribution in [0.5, 0.6) is 11.5 Å². The van der Waals surface area contributed by atoms with E-state index in [1.165, 1.54) is 7.69 Å². The van der Waals surface area contributed by atoms with Crippen molar-refractivity contribution in [2.75, 3.05) is 0 Å². The SMILES string of the molecule is CC#Cc1cncc(O[B]Oc2cncc(C#CC)c2)c1. The Hall–Kier alpha value is -2.92. The molecule has 0 spiro atoms. The Morgan fingerprint density at radius 1 is 0.810 bits per heavy atom. The predicted octanol–water partition coefficient (Wildman–Crippen LogP) is 2.21. The fraction of sp³-hybridized carbons (Fsp3) is 0.125. The summed E-state index contributed by atoms with van der Waals surface area (Å²) in [6.07, 6.45) is 6.50. The van der Waals surface area contributed by atoms with Crippen LogP contribution in [0.3, 0.4) is 0 Å². The van der Waals surface area contributed by atoms with Gasteiger partial charge in [0, 0.05) is 23.5 Å². The summed E-state index contributed by atoms with van der Waals surface area (Å²) in [5, 5.41) is 0. The van der Waals surface area contributed by atoms with Crippen LogP contribution in [-0.2, 0) is 0 Å². The number of nitrogens with zero attached hydrogens (tertiary/aromatic N) is 2. The third kappa shape index (κ3) is 4.60. The zero-order chi connectivity index (χ0) is 14.9. The van der Waals surface area contributed by atoms with Crippen molar-refractivity contribution in [1.29, 1.82) is 0 Å². The highest BCUT2D eigenvalue weighted by molar-refractivity contribution is 6.20. The maximum absolute atomic E-state index is 5.36. The van der Waals surface area contributed by atoms with E-state index in [1.807, 2.05) is 0 Å². The summed E-state index contributed by atoms with van der Waals surface area (Å²) in [6.45, 7) is 3.53. The zero-order valence-corrected chi connectivity index (χ0v) is 11.8. The van der Waals surface area contributed by atoms with Crippen molar-refractivity contribution >= 4 is 7.69 Å². The molecule has 2 rings (SSSR count). The van der Waals surface area contributed by atoms with Gasteiger partial charge < -0.3 is 9.31 Å². The summed E-state index contributed by atoms with van der Waals surface area (Å²) >= 11 is 0. The minimum Gasteiger partial charge on any atom is -0.525 e. The van der Waals surface area contributed by atoms with Gasteiger partial charge in [0.2, 0.25) is 0 Å². The average Bonchev–Trinajstić information content (AvgIpc) is 2.49. The van der Waals surface area contributed by atoms with Gasteiger partial charge in [0.15, 0.2) is 0 Å². The molecule has 2 heterocycles. The molecule has 0 saturated heterocycles. The summed E-state index contributed by atoms with van der Waals surface area (Å²) in [5.74, 6) is 12.5. The highest BCUT2D eigenvalue weighted by Gasteiger charge is 2.03. The van der Waals surface area contributed by atoms with Crippen molar-refractivity contribution in [2.45, 2.75) is 13.8 Å². The molecule has 0 aliphatic carbocycles. The van der Waals surface area contributed by atoms with Gasteiger partial charge in [0.1, 0.15) is 11.5 Å². The Kier molecular flexibility index (Phi) is 5.26. The summed E-state index contributed by atoms with van der Waals surface area (Å²) in [6, 6.07) is 3.56. The summed E-state index contributed by atoms with van der Waals surface area (Å²) in [7, 11) is 1.22. The van der Waals surface area contributed by atoms with Crippen molar-refractivity contribution in [3.63, 3.8) is 0 Å². The first kappa shape index (κ1) is 14.5. The minimum atomic E-state index is 0.549. The molecule has 0 saturated carbocycles. The Bertz CT molecular complexity index is 675. The van der Waals surface area contributed by atoms with Gasteiger partial charge in [0.25, 0.3) is 0 Å². The molecule has 0 N–H and O–H groups in total. The number of pyridine rings is 2. The lowest BCUT2D eigenvalue weighted by molar-refractivity contribution is 0.456. The second-order valence-electron chi connectivity index (χ2n) is 3.90. The fourth-order valence-corrected chi connectivity index (χ4v) is 1.53. The molecule has 0 amide bonds. The third-order valence-corrected chi connectivity index (χ3v) is 2.33. The molecular weight excluding hydrogens is 263 g/mol. The lowest BCUT2D eigenvalue weighted by Crippen LogP contribution is -2.11. The Labute approximate surface area is 124 Å². The standard InChI is InChI=1S/C16H12BN2O2/c1-3-5-13-7-15(11-18-9-13)20-17-21-16-8-14(6-4-2)10-19-12-16/h7-12H,1-2H3. The van der Waals surface area contributed by atoms with Crippen LogP contribution < -0.4 is 9.31 Å². The molecule has 1 radical (unpaired) electrons. The molecule has 2 aromatic heterocycles. The number of hydrogen-bond acceptors (Lipinski definition) is 4. The highest BCUT2D eigenvalue weighted by atomic mass is 16.6. The van der Waals surface area contributed by atoms with E-state index in [0.717, 1.165) is 11.1 Å². The molecule has 2 aromatic rings. The van der Waals surface area contributed by atoms with E-state index in [2.05, 4.69) is 33.6 Å². The molecule has 0 unspecified atom stereocenters. The quantitative estimate of drug-likeness (QED) is 0.634. The largest absolute Gasteiger partial charge is 0.658 e. The zero-order valence-electron chi connectivity index (χ0n) is 11.8. The monoisotopic (exact) mass is 275 g/mol. The van der Waals surface area contributed by atoms with Gasteiger partial charge in [-0.2, -0.15) is 0 Å². The van der Waals surface area contributed by atoms with E-state index in [0.29, 0.717) is 11.5 Å². The van der Waals surface area contributed by atoms with Crippen molar-refractivity contribution in [2.24, 2.45) is 0 Å². The fourth-order valence-electron chi connectivity index (χ4n) is 1.53. The van der Waals surface area contributed by atoms with E-state index in [4.69, 9.17) is 9.31 Å². The topological polar surface area (TPSA) is 44.2 Å². The van der Waals surface area contributed by atoms with Crippen LogP contribution in [0.1, 0.15) is 25.0 Å². The van der Waals surface area contributed by atoms with E-state index >= 15 is 0 Å². The molecule has 0 aromatic carbocycles. The molecule has 0 fully saturated rings. The lowest BCUT2D eigenvalue weighted by atomic mass is 10.2. The van der Waals surface area contributed by atoms with Crippen LogP contribution in [0.2, 0.25) is 0 Å². The first-order valence-electron chi connectivity index (χ1n) is 6.22. The normalized spacial score (nSPS) is 8.67. The molecule has 5 heteroatoms. The van der Waals surface area contributed by atoms with Crippen LogP contribution in [0.4, 0.5) is 0 Å². The smallest absolute Gasteiger partial charge is 0.525 e. The Morgan fingerprint density at radius 3 is 1.71 bits per heavy atom. The molecule has 0 aliphatic rings. The first-order chi connectivity index (χ1) is 10.3. The van der Waals surface area contributed by atoms with Crippen LogP contribution in [-0.4, -0.2) is 17.7 Å². The van der Waals surface area contributed by atoms with Gasteiger partial charge in [0.05, 0.1) is 12.4 Å². The maximum Gasteiger partial charge on any atom is 0.658 e. The van der Waals surface area contributed by atoms with Gasteiger partial charge in [-0.3, -0.25) is 9.97 Å². The van der Waals surface area contributed by atoms with Crippen molar-refractivity contribution in [1.82, 2.24) is 9.97 Å². The number of aromatic nitrogens is 2.